The SMILES string of the molecule is Cc1ccc(OCC(=O)N(Cc2cccc(Cl)c2)C(Cc2ccccc2)C(=O)NC(C)C)cc1C. The predicted octanol–water partition coefficient (Wildman–Crippen LogP) is 5.50. The number of carbonyl (C=O) groups is 2. The Morgan fingerprint density at radius 1 is 0.914 bits per heavy atom. The second-order valence-corrected chi connectivity index (χ2v) is 9.49. The summed E-state index contributed by atoms with van der Waals surface area (Å²) in [6.45, 7) is 7.90. The first kappa shape index (κ1) is 26.3. The number of carbonyl (C=O) groups excluding carboxylic acids is 2. The van der Waals surface area contributed by atoms with E-state index in [-0.39, 0.29) is 31.0 Å². The number of rotatable bonds is 10. The molecule has 0 saturated heterocycles. The topological polar surface area (TPSA) is 58.6 Å². The Labute approximate surface area is 213 Å². The van der Waals surface area contributed by atoms with Gasteiger partial charge in [-0.25, -0.2) is 0 Å². The normalized spacial score (nSPS) is 11.7. The molecule has 0 bridgehead atoms. The maximum atomic E-state index is 13.6. The average molecular weight is 493 g/mol. The zero-order valence-corrected chi connectivity index (χ0v) is 21.5. The molecule has 1 N–H and O–H groups in total. The van der Waals surface area contributed by atoms with Crippen molar-refractivity contribution < 1.29 is 14.3 Å². The van der Waals surface area contributed by atoms with E-state index in [1.54, 1.807) is 11.0 Å². The second-order valence-electron chi connectivity index (χ2n) is 9.06. The van der Waals surface area contributed by atoms with Gasteiger partial charge in [0.15, 0.2) is 6.61 Å². The molecule has 0 aliphatic carbocycles. The number of halogens is 1. The molecule has 0 spiro atoms. The lowest BCUT2D eigenvalue weighted by Gasteiger charge is -2.32. The quantitative estimate of drug-likeness (QED) is 0.406. The van der Waals surface area contributed by atoms with Gasteiger partial charge in [-0.3, -0.25) is 9.59 Å². The molecule has 6 heteroatoms. The average Bonchev–Trinajstić information content (AvgIpc) is 2.82. The van der Waals surface area contributed by atoms with Gasteiger partial charge in [-0.15, -0.1) is 0 Å². The van der Waals surface area contributed by atoms with Crippen LogP contribution in [-0.4, -0.2) is 35.4 Å². The molecule has 0 aliphatic rings. The van der Waals surface area contributed by atoms with Crippen LogP contribution in [-0.2, 0) is 22.6 Å². The van der Waals surface area contributed by atoms with Gasteiger partial charge >= 0.3 is 0 Å². The van der Waals surface area contributed by atoms with Crippen LogP contribution in [0.25, 0.3) is 0 Å². The number of amides is 2. The van der Waals surface area contributed by atoms with Crippen LogP contribution in [0.4, 0.5) is 0 Å². The van der Waals surface area contributed by atoms with Gasteiger partial charge in [0.05, 0.1) is 0 Å². The van der Waals surface area contributed by atoms with Crippen LogP contribution in [0.15, 0.2) is 72.8 Å². The van der Waals surface area contributed by atoms with E-state index in [2.05, 4.69) is 5.32 Å². The Kier molecular flexibility index (Phi) is 9.32. The summed E-state index contributed by atoms with van der Waals surface area (Å²) in [6, 6.07) is 22.0. The third kappa shape index (κ3) is 7.86. The van der Waals surface area contributed by atoms with Gasteiger partial charge < -0.3 is 15.0 Å². The maximum absolute atomic E-state index is 13.6. The first-order valence-corrected chi connectivity index (χ1v) is 12.2. The number of ether oxygens (including phenoxy) is 1. The lowest BCUT2D eigenvalue weighted by Crippen LogP contribution is -2.52. The van der Waals surface area contributed by atoms with E-state index >= 15 is 0 Å². The highest BCUT2D eigenvalue weighted by Gasteiger charge is 2.31. The summed E-state index contributed by atoms with van der Waals surface area (Å²) in [4.78, 5) is 28.5. The molecule has 3 rings (SSSR count). The smallest absolute Gasteiger partial charge is 0.261 e. The van der Waals surface area contributed by atoms with Crippen molar-refractivity contribution in [3.63, 3.8) is 0 Å². The standard InChI is InChI=1S/C29H33ClN2O3/c1-20(2)31-29(34)27(17-23-9-6-5-7-10-23)32(18-24-11-8-12-25(30)16-24)28(33)19-35-26-14-13-21(3)22(4)15-26/h5-16,20,27H,17-19H2,1-4H3,(H,31,34). The summed E-state index contributed by atoms with van der Waals surface area (Å²) >= 11 is 6.21. The summed E-state index contributed by atoms with van der Waals surface area (Å²) in [6.07, 6.45) is 0.384. The lowest BCUT2D eigenvalue weighted by molar-refractivity contribution is -0.143. The van der Waals surface area contributed by atoms with Crippen LogP contribution in [0.1, 0.15) is 36.1 Å². The molecule has 184 valence electrons. The first-order chi connectivity index (χ1) is 16.7. The van der Waals surface area contributed by atoms with E-state index in [4.69, 9.17) is 16.3 Å². The molecule has 1 unspecified atom stereocenters. The molecule has 2 amide bonds. The maximum Gasteiger partial charge on any atom is 0.261 e. The predicted molar refractivity (Wildman–Crippen MR) is 141 cm³/mol. The molecular weight excluding hydrogens is 460 g/mol. The first-order valence-electron chi connectivity index (χ1n) is 11.8. The van der Waals surface area contributed by atoms with Crippen LogP contribution in [0, 0.1) is 13.8 Å². The molecule has 5 nitrogen and oxygen atoms in total. The molecule has 0 saturated carbocycles. The Balaban J connectivity index is 1.91. The van der Waals surface area contributed by atoms with Gasteiger partial charge in [-0.05, 0) is 74.2 Å². The van der Waals surface area contributed by atoms with Gasteiger partial charge in [0, 0.05) is 24.0 Å². The van der Waals surface area contributed by atoms with Crippen LogP contribution < -0.4 is 10.1 Å². The van der Waals surface area contributed by atoms with Crippen molar-refractivity contribution in [2.75, 3.05) is 6.61 Å². The number of nitrogens with zero attached hydrogens (tertiary/aromatic N) is 1. The van der Waals surface area contributed by atoms with Gasteiger partial charge in [0.1, 0.15) is 11.8 Å². The number of hydrogen-bond donors (Lipinski definition) is 1. The third-order valence-electron chi connectivity index (χ3n) is 5.78. The summed E-state index contributed by atoms with van der Waals surface area (Å²) in [5.41, 5.74) is 4.05. The van der Waals surface area contributed by atoms with E-state index in [1.807, 2.05) is 94.4 Å². The Bertz CT molecular complexity index is 1150. The fourth-order valence-electron chi connectivity index (χ4n) is 3.80. The highest BCUT2D eigenvalue weighted by atomic mass is 35.5. The van der Waals surface area contributed by atoms with Crippen LogP contribution >= 0.6 is 11.6 Å². The van der Waals surface area contributed by atoms with Crippen molar-refractivity contribution in [1.29, 1.82) is 0 Å². The van der Waals surface area contributed by atoms with E-state index < -0.39 is 6.04 Å². The summed E-state index contributed by atoms with van der Waals surface area (Å²) < 4.78 is 5.86. The molecule has 0 aromatic heterocycles. The van der Waals surface area contributed by atoms with Crippen molar-refractivity contribution >= 4 is 23.4 Å². The van der Waals surface area contributed by atoms with E-state index in [0.29, 0.717) is 17.2 Å². The fourth-order valence-corrected chi connectivity index (χ4v) is 4.01. The van der Waals surface area contributed by atoms with Gasteiger partial charge in [0.2, 0.25) is 5.91 Å². The van der Waals surface area contributed by atoms with Crippen molar-refractivity contribution in [2.45, 2.75) is 52.7 Å². The molecule has 0 heterocycles. The molecule has 35 heavy (non-hydrogen) atoms. The molecule has 0 radical (unpaired) electrons. The summed E-state index contributed by atoms with van der Waals surface area (Å²) in [7, 11) is 0. The third-order valence-corrected chi connectivity index (χ3v) is 6.02. The molecular formula is C29H33ClN2O3. The van der Waals surface area contributed by atoms with E-state index in [0.717, 1.165) is 22.3 Å². The van der Waals surface area contributed by atoms with Crippen LogP contribution in [0.5, 0.6) is 5.75 Å². The minimum absolute atomic E-state index is 0.0596. The molecule has 3 aromatic rings. The number of nitrogens with one attached hydrogen (secondary N) is 1. The van der Waals surface area contributed by atoms with Gasteiger partial charge in [0.25, 0.3) is 5.91 Å². The fraction of sp³-hybridized carbons (Fsp3) is 0.310. The van der Waals surface area contributed by atoms with Crippen LogP contribution in [0.2, 0.25) is 5.02 Å². The van der Waals surface area contributed by atoms with E-state index in [9.17, 15) is 9.59 Å². The second kappa shape index (κ2) is 12.4. The zero-order chi connectivity index (χ0) is 25.4. The summed E-state index contributed by atoms with van der Waals surface area (Å²) in [5, 5.41) is 3.56. The van der Waals surface area contributed by atoms with Gasteiger partial charge in [-0.1, -0.05) is 60.1 Å². The number of aryl methyl sites for hydroxylation is 2. The molecule has 3 aromatic carbocycles. The van der Waals surface area contributed by atoms with Crippen LogP contribution in [0.3, 0.4) is 0 Å². The zero-order valence-electron chi connectivity index (χ0n) is 20.8. The number of benzene rings is 3. The molecule has 0 aliphatic heterocycles. The van der Waals surface area contributed by atoms with Crippen molar-refractivity contribution in [3.05, 3.63) is 100 Å². The highest BCUT2D eigenvalue weighted by Crippen LogP contribution is 2.20. The minimum Gasteiger partial charge on any atom is -0.484 e. The summed E-state index contributed by atoms with van der Waals surface area (Å²) in [5.74, 6) is 0.142. The Hall–Kier alpha value is -3.31. The molecule has 0 fully saturated rings. The largest absolute Gasteiger partial charge is 0.484 e. The lowest BCUT2D eigenvalue weighted by atomic mass is 10.0. The minimum atomic E-state index is -0.713. The van der Waals surface area contributed by atoms with E-state index in [1.165, 1.54) is 0 Å². The Morgan fingerprint density at radius 2 is 1.63 bits per heavy atom. The molecule has 1 atom stereocenters. The Morgan fingerprint density at radius 3 is 2.29 bits per heavy atom. The highest BCUT2D eigenvalue weighted by molar-refractivity contribution is 6.30. The van der Waals surface area contributed by atoms with Crippen molar-refractivity contribution in [1.82, 2.24) is 10.2 Å². The monoisotopic (exact) mass is 492 g/mol. The van der Waals surface area contributed by atoms with Gasteiger partial charge in [-0.2, -0.15) is 0 Å². The van der Waals surface area contributed by atoms with Crippen molar-refractivity contribution in [3.8, 4) is 5.75 Å². The van der Waals surface area contributed by atoms with Crippen molar-refractivity contribution in [2.24, 2.45) is 0 Å². The number of hydrogen-bond acceptors (Lipinski definition) is 3.